The Kier molecular flexibility index (Phi) is 7.02. The van der Waals surface area contributed by atoms with Crippen molar-refractivity contribution in [2.45, 2.75) is 25.3 Å². The number of benzene rings is 2. The van der Waals surface area contributed by atoms with Crippen molar-refractivity contribution >= 4 is 5.91 Å². The monoisotopic (exact) mass is 366 g/mol. The van der Waals surface area contributed by atoms with Crippen LogP contribution in [0.3, 0.4) is 0 Å². The average molecular weight is 367 g/mol. The van der Waals surface area contributed by atoms with Gasteiger partial charge in [-0.25, -0.2) is 0 Å². The van der Waals surface area contributed by atoms with E-state index in [9.17, 15) is 4.79 Å². The minimum Gasteiger partial charge on any atom is -0.381 e. The highest BCUT2D eigenvalue weighted by molar-refractivity contribution is 5.79. The highest BCUT2D eigenvalue weighted by Crippen LogP contribution is 2.20. The molecule has 0 N–H and O–H groups in total. The zero-order valence-corrected chi connectivity index (χ0v) is 16.4. The van der Waals surface area contributed by atoms with E-state index in [1.807, 2.05) is 18.2 Å². The van der Waals surface area contributed by atoms with E-state index >= 15 is 0 Å². The van der Waals surface area contributed by atoms with Gasteiger partial charge in [-0.1, -0.05) is 54.6 Å². The van der Waals surface area contributed by atoms with Crippen LogP contribution in [0.2, 0.25) is 0 Å². The van der Waals surface area contributed by atoms with Crippen molar-refractivity contribution in [3.63, 3.8) is 0 Å². The second-order valence-corrected chi connectivity index (χ2v) is 7.47. The van der Waals surface area contributed by atoms with E-state index in [0.29, 0.717) is 12.5 Å². The van der Waals surface area contributed by atoms with Gasteiger partial charge in [0.1, 0.15) is 0 Å². The minimum atomic E-state index is 0.219. The summed E-state index contributed by atoms with van der Waals surface area (Å²) in [7, 11) is 4.10. The molecule has 1 heterocycles. The third kappa shape index (κ3) is 5.65. The number of carbonyl (C=O) groups excluding carboxylic acids is 1. The van der Waals surface area contributed by atoms with Gasteiger partial charge in [0.2, 0.25) is 5.91 Å². The first-order chi connectivity index (χ1) is 13.1. The summed E-state index contributed by atoms with van der Waals surface area (Å²) in [6.45, 7) is 3.17. The fraction of sp³-hybridized carbons (Fsp3) is 0.435. The summed E-state index contributed by atoms with van der Waals surface area (Å²) in [5.74, 6) is 0.219. The van der Waals surface area contributed by atoms with Crippen LogP contribution in [0.25, 0.3) is 11.1 Å². The van der Waals surface area contributed by atoms with E-state index in [2.05, 4.69) is 60.3 Å². The lowest BCUT2D eigenvalue weighted by atomic mass is 10.0. The maximum absolute atomic E-state index is 13.0. The molecule has 1 amide bonds. The maximum Gasteiger partial charge on any atom is 0.227 e. The third-order valence-electron chi connectivity index (χ3n) is 5.16. The molecule has 4 nitrogen and oxygen atoms in total. The number of hydrogen-bond acceptors (Lipinski definition) is 3. The van der Waals surface area contributed by atoms with Crippen LogP contribution >= 0.6 is 0 Å². The molecule has 1 saturated heterocycles. The van der Waals surface area contributed by atoms with Crippen LogP contribution in [-0.2, 0) is 16.0 Å². The van der Waals surface area contributed by atoms with Crippen molar-refractivity contribution in [2.24, 2.45) is 0 Å². The molecule has 0 atom stereocenters. The summed E-state index contributed by atoms with van der Waals surface area (Å²) in [5, 5.41) is 0. The lowest BCUT2D eigenvalue weighted by molar-refractivity contribution is -0.134. The van der Waals surface area contributed by atoms with Gasteiger partial charge < -0.3 is 14.5 Å². The molecule has 0 bridgehead atoms. The van der Waals surface area contributed by atoms with Crippen LogP contribution < -0.4 is 0 Å². The number of ether oxygens (including phenoxy) is 1. The first-order valence-electron chi connectivity index (χ1n) is 9.80. The zero-order chi connectivity index (χ0) is 19.1. The molecule has 0 saturated carbocycles. The molecular formula is C23H30N2O2. The van der Waals surface area contributed by atoms with Gasteiger partial charge in [-0.05, 0) is 43.6 Å². The predicted molar refractivity (Wildman–Crippen MR) is 110 cm³/mol. The largest absolute Gasteiger partial charge is 0.381 e. The standard InChI is InChI=1S/C23H30N2O2/c1-24(2)14-15-25(22-12-16-27-17-13-22)23(26)18-19-8-10-21(11-9-19)20-6-4-3-5-7-20/h3-11,22H,12-18H2,1-2H3. The number of carbonyl (C=O) groups is 1. The van der Waals surface area contributed by atoms with Crippen molar-refractivity contribution in [2.75, 3.05) is 40.4 Å². The SMILES string of the molecule is CN(C)CCN(C(=O)Cc1ccc(-c2ccccc2)cc1)C1CCOCC1. The van der Waals surface area contributed by atoms with Crippen molar-refractivity contribution in [3.8, 4) is 11.1 Å². The molecule has 2 aromatic carbocycles. The third-order valence-corrected chi connectivity index (χ3v) is 5.16. The molecule has 0 unspecified atom stereocenters. The predicted octanol–water partition coefficient (Wildman–Crippen LogP) is 3.47. The molecule has 0 aromatic heterocycles. The molecule has 1 aliphatic heterocycles. The van der Waals surface area contributed by atoms with Crippen LogP contribution in [0.4, 0.5) is 0 Å². The fourth-order valence-electron chi connectivity index (χ4n) is 3.54. The maximum atomic E-state index is 13.0. The average Bonchev–Trinajstić information content (AvgIpc) is 2.70. The Balaban J connectivity index is 1.66. The topological polar surface area (TPSA) is 32.8 Å². The summed E-state index contributed by atoms with van der Waals surface area (Å²) >= 11 is 0. The van der Waals surface area contributed by atoms with Crippen molar-refractivity contribution in [1.82, 2.24) is 9.80 Å². The van der Waals surface area contributed by atoms with E-state index in [4.69, 9.17) is 4.74 Å². The van der Waals surface area contributed by atoms with Gasteiger partial charge in [0, 0.05) is 32.3 Å². The van der Waals surface area contributed by atoms with Gasteiger partial charge >= 0.3 is 0 Å². The Morgan fingerprint density at radius 2 is 1.56 bits per heavy atom. The van der Waals surface area contributed by atoms with Crippen LogP contribution in [0, 0.1) is 0 Å². The lowest BCUT2D eigenvalue weighted by Crippen LogP contribution is -2.46. The first-order valence-corrected chi connectivity index (χ1v) is 9.80. The summed E-state index contributed by atoms with van der Waals surface area (Å²) in [6, 6.07) is 19.0. The summed E-state index contributed by atoms with van der Waals surface area (Å²) in [6.07, 6.45) is 2.33. The van der Waals surface area contributed by atoms with E-state index in [1.54, 1.807) is 0 Å². The molecule has 1 fully saturated rings. The van der Waals surface area contributed by atoms with Gasteiger partial charge in [0.15, 0.2) is 0 Å². The lowest BCUT2D eigenvalue weighted by Gasteiger charge is -2.35. The molecule has 0 spiro atoms. The normalized spacial score (nSPS) is 15.1. The van der Waals surface area contributed by atoms with E-state index in [0.717, 1.165) is 44.7 Å². The zero-order valence-electron chi connectivity index (χ0n) is 16.4. The number of rotatable bonds is 7. The molecule has 3 rings (SSSR count). The summed E-state index contributed by atoms with van der Waals surface area (Å²) in [4.78, 5) is 17.3. The van der Waals surface area contributed by atoms with Gasteiger partial charge in [0.25, 0.3) is 0 Å². The number of likely N-dealkylation sites (N-methyl/N-ethyl adjacent to an activating group) is 1. The quantitative estimate of drug-likeness (QED) is 0.752. The van der Waals surface area contributed by atoms with Crippen LogP contribution in [0.1, 0.15) is 18.4 Å². The second kappa shape index (κ2) is 9.67. The number of hydrogen-bond donors (Lipinski definition) is 0. The molecular weight excluding hydrogens is 336 g/mol. The van der Waals surface area contributed by atoms with Crippen LogP contribution in [0.5, 0.6) is 0 Å². The van der Waals surface area contributed by atoms with Crippen molar-refractivity contribution in [3.05, 3.63) is 60.2 Å². The first kappa shape index (κ1) is 19.6. The smallest absolute Gasteiger partial charge is 0.227 e. The summed E-state index contributed by atoms with van der Waals surface area (Å²) < 4.78 is 5.48. The highest BCUT2D eigenvalue weighted by atomic mass is 16.5. The molecule has 2 aromatic rings. The van der Waals surface area contributed by atoms with E-state index in [-0.39, 0.29) is 5.91 Å². The van der Waals surface area contributed by atoms with E-state index in [1.165, 1.54) is 11.1 Å². The van der Waals surface area contributed by atoms with Crippen molar-refractivity contribution < 1.29 is 9.53 Å². The second-order valence-electron chi connectivity index (χ2n) is 7.47. The molecule has 0 radical (unpaired) electrons. The van der Waals surface area contributed by atoms with Gasteiger partial charge in [0.05, 0.1) is 6.42 Å². The molecule has 1 aliphatic rings. The Hall–Kier alpha value is -2.17. The Bertz CT molecular complexity index is 707. The minimum absolute atomic E-state index is 0.219. The number of amides is 1. The number of nitrogens with zero attached hydrogens (tertiary/aromatic N) is 2. The van der Waals surface area contributed by atoms with Gasteiger partial charge in [-0.15, -0.1) is 0 Å². The Labute approximate surface area is 162 Å². The molecule has 4 heteroatoms. The molecule has 0 aliphatic carbocycles. The summed E-state index contributed by atoms with van der Waals surface area (Å²) in [5.41, 5.74) is 3.45. The van der Waals surface area contributed by atoms with Crippen LogP contribution in [0.15, 0.2) is 54.6 Å². The van der Waals surface area contributed by atoms with E-state index < -0.39 is 0 Å². The Morgan fingerprint density at radius 3 is 2.19 bits per heavy atom. The Morgan fingerprint density at radius 1 is 0.926 bits per heavy atom. The van der Waals surface area contributed by atoms with Crippen LogP contribution in [-0.4, -0.2) is 62.1 Å². The molecule has 144 valence electrons. The van der Waals surface area contributed by atoms with Gasteiger partial charge in [-0.2, -0.15) is 0 Å². The van der Waals surface area contributed by atoms with Gasteiger partial charge in [-0.3, -0.25) is 4.79 Å². The van der Waals surface area contributed by atoms with Crippen molar-refractivity contribution in [1.29, 1.82) is 0 Å². The molecule has 27 heavy (non-hydrogen) atoms. The fourth-order valence-corrected chi connectivity index (χ4v) is 3.54. The highest BCUT2D eigenvalue weighted by Gasteiger charge is 2.25.